The molecule has 1 rings (SSSR count). The summed E-state index contributed by atoms with van der Waals surface area (Å²) < 4.78 is 17.6. The van der Waals surface area contributed by atoms with Gasteiger partial charge in [0, 0.05) is 5.02 Å². The van der Waals surface area contributed by atoms with Gasteiger partial charge < -0.3 is 4.74 Å². The molecule has 84 valence electrons. The van der Waals surface area contributed by atoms with Crippen LogP contribution >= 0.6 is 11.6 Å². The van der Waals surface area contributed by atoms with E-state index < -0.39 is 0 Å². The van der Waals surface area contributed by atoms with Crippen LogP contribution in [0.3, 0.4) is 0 Å². The van der Waals surface area contributed by atoms with Gasteiger partial charge in [0.15, 0.2) is 0 Å². The van der Waals surface area contributed by atoms with E-state index in [4.69, 9.17) is 16.3 Å². The molecule has 0 atom stereocenters. The van der Waals surface area contributed by atoms with Crippen LogP contribution in [-0.2, 0) is 6.42 Å². The highest BCUT2D eigenvalue weighted by atomic mass is 35.5. The number of benzene rings is 1. The summed E-state index contributed by atoms with van der Waals surface area (Å²) in [5.41, 5.74) is 0.994. The molecule has 0 amide bonds. The Balaban J connectivity index is 2.73. The second-order valence-corrected chi connectivity index (χ2v) is 3.83. The van der Waals surface area contributed by atoms with E-state index in [-0.39, 0.29) is 6.67 Å². The quantitative estimate of drug-likeness (QED) is 0.717. The molecule has 0 aliphatic rings. The number of aryl methyl sites for hydroxylation is 1. The third-order valence-electron chi connectivity index (χ3n) is 2.06. The van der Waals surface area contributed by atoms with Crippen LogP contribution < -0.4 is 4.74 Å². The number of alkyl halides is 1. The Morgan fingerprint density at radius 2 is 2.20 bits per heavy atom. The normalized spacial score (nSPS) is 10.3. The first-order valence-electron chi connectivity index (χ1n) is 5.25. The maximum Gasteiger partial charge on any atom is 0.122 e. The molecule has 0 N–H and O–H groups in total. The van der Waals surface area contributed by atoms with Gasteiger partial charge in [-0.3, -0.25) is 4.39 Å². The number of ether oxygens (including phenoxy) is 1. The van der Waals surface area contributed by atoms with Gasteiger partial charge in [-0.1, -0.05) is 18.5 Å². The minimum absolute atomic E-state index is 0.306. The van der Waals surface area contributed by atoms with Crippen molar-refractivity contribution < 1.29 is 9.13 Å². The predicted octanol–water partition coefficient (Wildman–Crippen LogP) is 4.03. The number of hydrogen-bond acceptors (Lipinski definition) is 1. The van der Waals surface area contributed by atoms with Gasteiger partial charge in [0.2, 0.25) is 0 Å². The first kappa shape index (κ1) is 12.3. The van der Waals surface area contributed by atoms with Crippen molar-refractivity contribution in [3.63, 3.8) is 0 Å². The molecule has 0 saturated heterocycles. The maximum atomic E-state index is 12.1. The van der Waals surface area contributed by atoms with Gasteiger partial charge in [-0.25, -0.2) is 0 Å². The Bertz CT molecular complexity index is 302. The van der Waals surface area contributed by atoms with Crippen molar-refractivity contribution in [3.05, 3.63) is 28.8 Å². The van der Waals surface area contributed by atoms with Crippen molar-refractivity contribution in [2.24, 2.45) is 0 Å². The first-order chi connectivity index (χ1) is 7.27. The van der Waals surface area contributed by atoms with Gasteiger partial charge >= 0.3 is 0 Å². The van der Waals surface area contributed by atoms with E-state index in [1.165, 1.54) is 0 Å². The highest BCUT2D eigenvalue weighted by Crippen LogP contribution is 2.24. The summed E-state index contributed by atoms with van der Waals surface area (Å²) in [6.07, 6.45) is 2.16. The van der Waals surface area contributed by atoms with Crippen LogP contribution in [0.4, 0.5) is 4.39 Å². The fourth-order valence-corrected chi connectivity index (χ4v) is 1.55. The topological polar surface area (TPSA) is 9.23 Å². The van der Waals surface area contributed by atoms with Crippen LogP contribution in [0.1, 0.15) is 25.3 Å². The molecule has 0 aliphatic carbocycles. The third-order valence-corrected chi connectivity index (χ3v) is 2.30. The summed E-state index contributed by atoms with van der Waals surface area (Å²) in [6.45, 7) is 2.43. The summed E-state index contributed by atoms with van der Waals surface area (Å²) in [7, 11) is 0. The molecule has 1 aromatic rings. The van der Waals surface area contributed by atoms with Crippen LogP contribution in [-0.4, -0.2) is 13.3 Å². The van der Waals surface area contributed by atoms with Gasteiger partial charge in [-0.05, 0) is 43.0 Å². The number of hydrogen-bond donors (Lipinski definition) is 0. The SMILES string of the molecule is CCCOc1ccc(Cl)cc1CCCF. The van der Waals surface area contributed by atoms with E-state index >= 15 is 0 Å². The Morgan fingerprint density at radius 3 is 2.87 bits per heavy atom. The standard InChI is InChI=1S/C12H16ClFO/c1-2-8-15-12-6-5-11(13)9-10(12)4-3-7-14/h5-6,9H,2-4,7-8H2,1H3. The third kappa shape index (κ3) is 4.08. The van der Waals surface area contributed by atoms with Gasteiger partial charge in [-0.2, -0.15) is 0 Å². The Labute approximate surface area is 95.2 Å². The average molecular weight is 231 g/mol. The minimum Gasteiger partial charge on any atom is -0.493 e. The van der Waals surface area contributed by atoms with E-state index in [9.17, 15) is 4.39 Å². The van der Waals surface area contributed by atoms with Crippen molar-refractivity contribution in [3.8, 4) is 5.75 Å². The first-order valence-corrected chi connectivity index (χ1v) is 5.63. The van der Waals surface area contributed by atoms with E-state index in [2.05, 4.69) is 6.92 Å². The smallest absolute Gasteiger partial charge is 0.122 e. The zero-order chi connectivity index (χ0) is 11.1. The predicted molar refractivity (Wildman–Crippen MR) is 61.5 cm³/mol. The lowest BCUT2D eigenvalue weighted by atomic mass is 10.1. The molecule has 0 saturated carbocycles. The Hall–Kier alpha value is -0.760. The van der Waals surface area contributed by atoms with E-state index in [0.717, 1.165) is 17.7 Å². The molecule has 0 unspecified atom stereocenters. The summed E-state index contributed by atoms with van der Waals surface area (Å²) in [5, 5.41) is 0.674. The molecule has 1 nitrogen and oxygen atoms in total. The average Bonchev–Trinajstić information content (AvgIpc) is 2.25. The molecule has 0 bridgehead atoms. The summed E-state index contributed by atoms with van der Waals surface area (Å²) in [6, 6.07) is 5.50. The van der Waals surface area contributed by atoms with Crippen molar-refractivity contribution in [2.45, 2.75) is 26.2 Å². The summed E-state index contributed by atoms with van der Waals surface area (Å²) >= 11 is 5.88. The van der Waals surface area contributed by atoms with Crippen molar-refractivity contribution in [2.75, 3.05) is 13.3 Å². The molecule has 0 aliphatic heterocycles. The van der Waals surface area contributed by atoms with E-state index in [1.54, 1.807) is 6.07 Å². The lowest BCUT2D eigenvalue weighted by molar-refractivity contribution is 0.313. The fraction of sp³-hybridized carbons (Fsp3) is 0.500. The second kappa shape index (κ2) is 6.67. The lowest BCUT2D eigenvalue weighted by Crippen LogP contribution is -1.99. The van der Waals surface area contributed by atoms with Crippen LogP contribution in [0.2, 0.25) is 5.02 Å². The molecule has 0 heterocycles. The molecule has 0 aromatic heterocycles. The van der Waals surface area contributed by atoms with Gasteiger partial charge in [-0.15, -0.1) is 0 Å². The van der Waals surface area contributed by atoms with Gasteiger partial charge in [0.05, 0.1) is 13.3 Å². The molecular formula is C12H16ClFO. The molecule has 1 aromatic carbocycles. The zero-order valence-corrected chi connectivity index (χ0v) is 9.69. The lowest BCUT2D eigenvalue weighted by Gasteiger charge is -2.10. The van der Waals surface area contributed by atoms with Crippen LogP contribution in [0, 0.1) is 0 Å². The van der Waals surface area contributed by atoms with Crippen molar-refractivity contribution in [1.29, 1.82) is 0 Å². The summed E-state index contributed by atoms with van der Waals surface area (Å²) in [5.74, 6) is 0.828. The fourth-order valence-electron chi connectivity index (χ4n) is 1.35. The minimum atomic E-state index is -0.306. The number of halogens is 2. The number of rotatable bonds is 6. The summed E-state index contributed by atoms with van der Waals surface area (Å²) in [4.78, 5) is 0. The van der Waals surface area contributed by atoms with E-state index in [1.807, 2.05) is 12.1 Å². The highest BCUT2D eigenvalue weighted by molar-refractivity contribution is 6.30. The van der Waals surface area contributed by atoms with Crippen LogP contribution in [0.25, 0.3) is 0 Å². The monoisotopic (exact) mass is 230 g/mol. The molecule has 0 spiro atoms. The molecule has 0 fully saturated rings. The van der Waals surface area contributed by atoms with E-state index in [0.29, 0.717) is 24.5 Å². The second-order valence-electron chi connectivity index (χ2n) is 3.39. The molecule has 0 radical (unpaired) electrons. The van der Waals surface area contributed by atoms with Gasteiger partial charge in [0.1, 0.15) is 5.75 Å². The van der Waals surface area contributed by atoms with Crippen molar-refractivity contribution >= 4 is 11.6 Å². The van der Waals surface area contributed by atoms with Crippen LogP contribution in [0.15, 0.2) is 18.2 Å². The highest BCUT2D eigenvalue weighted by Gasteiger charge is 2.04. The molecule has 3 heteroatoms. The molecular weight excluding hydrogens is 215 g/mol. The van der Waals surface area contributed by atoms with Gasteiger partial charge in [0.25, 0.3) is 0 Å². The van der Waals surface area contributed by atoms with Crippen LogP contribution in [0.5, 0.6) is 5.75 Å². The maximum absolute atomic E-state index is 12.1. The Morgan fingerprint density at radius 1 is 1.40 bits per heavy atom. The van der Waals surface area contributed by atoms with Crippen molar-refractivity contribution in [1.82, 2.24) is 0 Å². The Kier molecular flexibility index (Phi) is 5.48. The molecule has 15 heavy (non-hydrogen) atoms. The largest absolute Gasteiger partial charge is 0.493 e. The zero-order valence-electron chi connectivity index (χ0n) is 8.93.